The summed E-state index contributed by atoms with van der Waals surface area (Å²) in [6, 6.07) is 1.64. The van der Waals surface area contributed by atoms with Crippen LogP contribution < -0.4 is 10.5 Å². The fraction of sp³-hybridized carbons (Fsp3) is 0.500. The molecule has 1 atom stereocenters. The molecule has 3 N–H and O–H groups in total. The van der Waals surface area contributed by atoms with Crippen molar-refractivity contribution in [1.82, 2.24) is 4.98 Å². The third kappa shape index (κ3) is 3.60. The molecule has 2 aromatic rings. The van der Waals surface area contributed by atoms with E-state index in [-0.39, 0.29) is 9.75 Å². The number of hydrogen-bond acceptors (Lipinski definition) is 4. The molecule has 1 aromatic heterocycles. The summed E-state index contributed by atoms with van der Waals surface area (Å²) in [4.78, 5) is 17.8. The minimum atomic E-state index is -3.38. The number of thiazole rings is 1. The summed E-state index contributed by atoms with van der Waals surface area (Å²) in [6.45, 7) is 6.13. The molecule has 0 radical (unpaired) electrons. The van der Waals surface area contributed by atoms with E-state index in [4.69, 9.17) is 5.14 Å². The van der Waals surface area contributed by atoms with Crippen molar-refractivity contribution in [3.8, 4) is 0 Å². The van der Waals surface area contributed by atoms with E-state index in [0.29, 0.717) is 0 Å². The number of anilines is 1. The van der Waals surface area contributed by atoms with E-state index in [9.17, 15) is 9.00 Å². The molecule has 2 amide bonds. The highest BCUT2D eigenvalue weighted by Crippen LogP contribution is 2.38. The predicted octanol–water partition coefficient (Wildman–Crippen LogP) is 4.35. The third-order valence-electron chi connectivity index (χ3n) is 5.40. The van der Waals surface area contributed by atoms with Crippen LogP contribution in [0.15, 0.2) is 21.0 Å². The third-order valence-corrected chi connectivity index (χ3v) is 8.62. The molecule has 2 aliphatic rings. The molecular formula is C20H26N4O2S2. The molecule has 1 aromatic carbocycles. The van der Waals surface area contributed by atoms with Gasteiger partial charge in [0, 0.05) is 16.8 Å². The van der Waals surface area contributed by atoms with Crippen molar-refractivity contribution in [1.29, 1.82) is 0 Å². The predicted molar refractivity (Wildman–Crippen MR) is 113 cm³/mol. The van der Waals surface area contributed by atoms with E-state index in [1.165, 1.54) is 33.6 Å². The Morgan fingerprint density at radius 1 is 1.18 bits per heavy atom. The second kappa shape index (κ2) is 6.93. The Morgan fingerprint density at radius 3 is 2.32 bits per heavy atom. The number of nitrogens with two attached hydrogens (primary N) is 1. The Kier molecular flexibility index (Phi) is 4.84. The summed E-state index contributed by atoms with van der Waals surface area (Å²) in [5.41, 5.74) is 5.80. The number of amides is 2. The molecule has 8 heteroatoms. The van der Waals surface area contributed by atoms with Gasteiger partial charge in [-0.3, -0.25) is 0 Å². The van der Waals surface area contributed by atoms with Gasteiger partial charge in [-0.15, -0.1) is 15.7 Å². The largest absolute Gasteiger partial charge is 0.354 e. The topological polar surface area (TPSA) is 97.4 Å². The Bertz CT molecular complexity index is 1040. The lowest BCUT2D eigenvalue weighted by molar-refractivity contribution is 0.260. The zero-order valence-corrected chi connectivity index (χ0v) is 18.1. The minimum absolute atomic E-state index is 0.126. The molecule has 0 fully saturated rings. The highest BCUT2D eigenvalue weighted by Gasteiger charge is 2.26. The maximum absolute atomic E-state index is 12.9. The maximum Gasteiger partial charge on any atom is 0.354 e. The molecule has 0 aliphatic heterocycles. The smallest absolute Gasteiger partial charge is 0.305 e. The van der Waals surface area contributed by atoms with Crippen LogP contribution in [0.3, 0.4) is 0 Å². The van der Waals surface area contributed by atoms with Crippen LogP contribution in [0, 0.1) is 0 Å². The van der Waals surface area contributed by atoms with E-state index in [2.05, 4.69) is 20.7 Å². The molecule has 4 rings (SSSR count). The molecule has 2 aliphatic carbocycles. The fourth-order valence-electron chi connectivity index (χ4n) is 4.00. The summed E-state index contributed by atoms with van der Waals surface area (Å²) in [5, 5.41) is 8.84. The summed E-state index contributed by atoms with van der Waals surface area (Å²) in [7, 11) is -3.38. The average molecular weight is 419 g/mol. The number of benzene rings is 1. The van der Waals surface area contributed by atoms with Gasteiger partial charge >= 0.3 is 6.03 Å². The fourth-order valence-corrected chi connectivity index (χ4v) is 6.14. The zero-order valence-electron chi connectivity index (χ0n) is 16.5. The molecule has 0 saturated carbocycles. The number of fused-ring (bicyclic) bond motifs is 2. The number of rotatable bonds is 2. The number of urea groups is 1. The summed E-state index contributed by atoms with van der Waals surface area (Å²) < 4.78 is 16.9. The van der Waals surface area contributed by atoms with E-state index < -0.39 is 15.9 Å². The summed E-state index contributed by atoms with van der Waals surface area (Å²) >= 11 is 1.25. The van der Waals surface area contributed by atoms with Gasteiger partial charge in [-0.1, -0.05) is 26.8 Å². The number of nitrogens with one attached hydrogen (secondary N) is 1. The van der Waals surface area contributed by atoms with Gasteiger partial charge in [-0.05, 0) is 66.2 Å². The van der Waals surface area contributed by atoms with Crippen molar-refractivity contribution in [3.05, 3.63) is 39.4 Å². The van der Waals surface area contributed by atoms with Crippen LogP contribution in [-0.4, -0.2) is 15.2 Å². The second-order valence-electron chi connectivity index (χ2n) is 8.56. The SMILES string of the molecule is CC(C)(C)c1cnc(S(N)(=O)=NC(=O)Nc2c3c(cc4c2CCC4)CCC3)s1. The minimum Gasteiger partial charge on any atom is -0.305 e. The monoisotopic (exact) mass is 418 g/mol. The molecule has 28 heavy (non-hydrogen) atoms. The van der Waals surface area contributed by atoms with Gasteiger partial charge in [0.15, 0.2) is 9.92 Å². The zero-order chi connectivity index (χ0) is 20.1. The van der Waals surface area contributed by atoms with Crippen LogP contribution in [0.2, 0.25) is 0 Å². The van der Waals surface area contributed by atoms with Crippen molar-refractivity contribution >= 4 is 33.0 Å². The Labute approximate surface area is 170 Å². The van der Waals surface area contributed by atoms with Crippen LogP contribution in [-0.2, 0) is 41.0 Å². The first kappa shape index (κ1) is 19.5. The Morgan fingerprint density at radius 2 is 1.79 bits per heavy atom. The molecule has 1 heterocycles. The molecule has 0 spiro atoms. The van der Waals surface area contributed by atoms with Crippen LogP contribution in [0.1, 0.15) is 60.7 Å². The van der Waals surface area contributed by atoms with Crippen LogP contribution in [0.25, 0.3) is 0 Å². The van der Waals surface area contributed by atoms with Crippen LogP contribution in [0.5, 0.6) is 0 Å². The molecule has 6 nitrogen and oxygen atoms in total. The lowest BCUT2D eigenvalue weighted by atomic mass is 9.96. The number of aromatic nitrogens is 1. The van der Waals surface area contributed by atoms with Crippen LogP contribution in [0.4, 0.5) is 10.5 Å². The number of aryl methyl sites for hydroxylation is 2. The van der Waals surface area contributed by atoms with Gasteiger partial charge in [0.05, 0.1) is 0 Å². The number of carbonyl (C=O) groups is 1. The summed E-state index contributed by atoms with van der Waals surface area (Å²) in [5.74, 6) is 0. The Balaban J connectivity index is 1.65. The molecular weight excluding hydrogens is 392 g/mol. The van der Waals surface area contributed by atoms with E-state index >= 15 is 0 Å². The normalized spacial score (nSPS) is 17.7. The second-order valence-corrected chi connectivity index (χ2v) is 11.6. The highest BCUT2D eigenvalue weighted by molar-refractivity contribution is 7.93. The highest BCUT2D eigenvalue weighted by atomic mass is 32.2. The molecule has 1 unspecified atom stereocenters. The first-order chi connectivity index (χ1) is 13.1. The number of carbonyl (C=O) groups excluding carboxylic acids is 1. The number of nitrogens with zero attached hydrogens (tertiary/aromatic N) is 2. The van der Waals surface area contributed by atoms with Crippen LogP contribution >= 0.6 is 11.3 Å². The summed E-state index contributed by atoms with van der Waals surface area (Å²) in [6.07, 6.45) is 7.86. The Hall–Kier alpha value is -1.77. The first-order valence-corrected chi connectivity index (χ1v) is 12.0. The number of hydrogen-bond donors (Lipinski definition) is 2. The van der Waals surface area contributed by atoms with Crippen molar-refractivity contribution in [2.45, 2.75) is 69.1 Å². The first-order valence-electron chi connectivity index (χ1n) is 9.64. The van der Waals surface area contributed by atoms with Crippen molar-refractivity contribution in [3.63, 3.8) is 0 Å². The van der Waals surface area contributed by atoms with E-state index in [1.54, 1.807) is 6.20 Å². The standard InChI is InChI=1S/C20H26N4O2S2/c1-20(2,3)16-11-22-19(27-16)28(21,26)24-18(25)23-17-14-8-4-6-12(14)10-13-7-5-9-15(13)17/h10-11H,4-9H2,1-3H3,(H3,21,23,24,25,26). The van der Waals surface area contributed by atoms with Crippen molar-refractivity contribution in [2.75, 3.05) is 5.32 Å². The van der Waals surface area contributed by atoms with Gasteiger partial charge in [0.2, 0.25) is 4.34 Å². The average Bonchev–Trinajstić information content (AvgIpc) is 3.33. The van der Waals surface area contributed by atoms with Gasteiger partial charge in [-0.25, -0.2) is 19.1 Å². The van der Waals surface area contributed by atoms with Crippen molar-refractivity contribution in [2.24, 2.45) is 9.50 Å². The van der Waals surface area contributed by atoms with E-state index in [0.717, 1.165) is 49.1 Å². The van der Waals surface area contributed by atoms with Gasteiger partial charge in [-0.2, -0.15) is 0 Å². The molecule has 150 valence electrons. The quantitative estimate of drug-likeness (QED) is 0.758. The molecule has 0 bridgehead atoms. The lowest BCUT2D eigenvalue weighted by Crippen LogP contribution is -2.18. The van der Waals surface area contributed by atoms with Crippen molar-refractivity contribution < 1.29 is 9.00 Å². The molecule has 0 saturated heterocycles. The lowest BCUT2D eigenvalue weighted by Gasteiger charge is -2.15. The van der Waals surface area contributed by atoms with E-state index in [1.807, 2.05) is 20.8 Å². The van der Waals surface area contributed by atoms with Gasteiger partial charge in [0.25, 0.3) is 0 Å². The maximum atomic E-state index is 12.9. The van der Waals surface area contributed by atoms with Gasteiger partial charge in [0.1, 0.15) is 0 Å². The van der Waals surface area contributed by atoms with Gasteiger partial charge < -0.3 is 5.32 Å².